The molecule has 0 aliphatic rings. The molecule has 0 aliphatic carbocycles. The molecule has 0 amide bonds. The van der Waals surface area contributed by atoms with Gasteiger partial charge in [-0.25, -0.2) is 9.59 Å². The Balaban J connectivity index is 0.000000982. The zero-order chi connectivity index (χ0) is 14.7. The third-order valence-corrected chi connectivity index (χ3v) is 1.84. The SMILES string of the molecule is CCC.COC(=O)/C=C/C(=O)Oc1ccc(Cl)cc1. The molecular formula is C14H17ClO4. The van der Waals surface area contributed by atoms with Gasteiger partial charge in [-0.1, -0.05) is 31.9 Å². The van der Waals surface area contributed by atoms with Gasteiger partial charge in [-0.05, 0) is 24.3 Å². The number of ether oxygens (including phenoxy) is 2. The van der Waals surface area contributed by atoms with E-state index in [1.165, 1.54) is 13.5 Å². The largest absolute Gasteiger partial charge is 0.466 e. The van der Waals surface area contributed by atoms with Gasteiger partial charge in [0, 0.05) is 17.2 Å². The molecule has 104 valence electrons. The highest BCUT2D eigenvalue weighted by Crippen LogP contribution is 2.15. The maximum Gasteiger partial charge on any atom is 0.336 e. The van der Waals surface area contributed by atoms with Crippen LogP contribution in [0.2, 0.25) is 5.02 Å². The highest BCUT2D eigenvalue weighted by Gasteiger charge is 2.01. The Morgan fingerprint density at radius 3 is 2.05 bits per heavy atom. The monoisotopic (exact) mass is 284 g/mol. The van der Waals surface area contributed by atoms with E-state index in [1.807, 2.05) is 0 Å². The molecule has 1 aromatic carbocycles. The van der Waals surface area contributed by atoms with E-state index in [9.17, 15) is 9.59 Å². The molecule has 0 radical (unpaired) electrons. The number of methoxy groups -OCH3 is 1. The summed E-state index contributed by atoms with van der Waals surface area (Å²) in [7, 11) is 1.22. The zero-order valence-corrected chi connectivity index (χ0v) is 11.9. The lowest BCUT2D eigenvalue weighted by Crippen LogP contribution is -2.05. The van der Waals surface area contributed by atoms with Gasteiger partial charge >= 0.3 is 11.9 Å². The van der Waals surface area contributed by atoms with Crippen molar-refractivity contribution >= 4 is 23.5 Å². The molecule has 0 atom stereocenters. The van der Waals surface area contributed by atoms with Gasteiger partial charge in [0.15, 0.2) is 0 Å². The van der Waals surface area contributed by atoms with E-state index < -0.39 is 11.9 Å². The summed E-state index contributed by atoms with van der Waals surface area (Å²) in [5.41, 5.74) is 0. The molecule has 5 heteroatoms. The highest BCUT2D eigenvalue weighted by atomic mass is 35.5. The van der Waals surface area contributed by atoms with Gasteiger partial charge in [0.25, 0.3) is 0 Å². The van der Waals surface area contributed by atoms with Crippen LogP contribution in [0.15, 0.2) is 36.4 Å². The molecule has 0 spiro atoms. The normalized spacial score (nSPS) is 9.47. The first-order valence-corrected chi connectivity index (χ1v) is 6.14. The minimum atomic E-state index is -0.660. The standard InChI is InChI=1S/C11H9ClO4.C3H8/c1-15-10(13)6-7-11(14)16-9-4-2-8(12)3-5-9;1-3-2/h2-7H,1H3;3H2,1-2H3/b7-6+;. The second-order valence-electron chi connectivity index (χ2n) is 3.44. The van der Waals surface area contributed by atoms with Gasteiger partial charge in [-0.15, -0.1) is 0 Å². The maximum absolute atomic E-state index is 11.2. The molecule has 1 aromatic rings. The summed E-state index contributed by atoms with van der Waals surface area (Å²) in [5.74, 6) is -0.926. The van der Waals surface area contributed by atoms with Gasteiger partial charge in [0.2, 0.25) is 0 Å². The van der Waals surface area contributed by atoms with Crippen LogP contribution in [-0.4, -0.2) is 19.0 Å². The summed E-state index contributed by atoms with van der Waals surface area (Å²) in [5, 5.41) is 0.546. The molecule has 0 bridgehead atoms. The number of carbonyl (C=O) groups is 2. The Hall–Kier alpha value is -1.81. The minimum Gasteiger partial charge on any atom is -0.466 e. The molecule has 19 heavy (non-hydrogen) atoms. The first-order valence-electron chi connectivity index (χ1n) is 5.76. The van der Waals surface area contributed by atoms with Crippen LogP contribution in [-0.2, 0) is 14.3 Å². The summed E-state index contributed by atoms with van der Waals surface area (Å²) in [6, 6.07) is 6.28. The Bertz CT molecular complexity index is 424. The first kappa shape index (κ1) is 17.2. The second-order valence-corrected chi connectivity index (χ2v) is 3.88. The van der Waals surface area contributed by atoms with Gasteiger partial charge in [0.05, 0.1) is 7.11 Å². The van der Waals surface area contributed by atoms with Gasteiger partial charge < -0.3 is 9.47 Å². The summed E-state index contributed by atoms with van der Waals surface area (Å²) < 4.78 is 9.19. The summed E-state index contributed by atoms with van der Waals surface area (Å²) >= 11 is 5.65. The fraction of sp³-hybridized carbons (Fsp3) is 0.286. The fourth-order valence-electron chi connectivity index (χ4n) is 0.857. The van der Waals surface area contributed by atoms with Crippen molar-refractivity contribution in [2.24, 2.45) is 0 Å². The Morgan fingerprint density at radius 1 is 1.11 bits per heavy atom. The molecule has 0 heterocycles. The molecule has 1 rings (SSSR count). The topological polar surface area (TPSA) is 52.6 Å². The van der Waals surface area contributed by atoms with Crippen molar-refractivity contribution in [2.45, 2.75) is 20.3 Å². The van der Waals surface area contributed by atoms with E-state index in [4.69, 9.17) is 16.3 Å². The number of halogens is 1. The highest BCUT2D eigenvalue weighted by molar-refractivity contribution is 6.30. The van der Waals surface area contributed by atoms with Crippen molar-refractivity contribution in [1.29, 1.82) is 0 Å². The number of benzene rings is 1. The van der Waals surface area contributed by atoms with Gasteiger partial charge in [-0.3, -0.25) is 0 Å². The molecule has 0 unspecified atom stereocenters. The van der Waals surface area contributed by atoms with Crippen LogP contribution in [0.1, 0.15) is 20.3 Å². The lowest BCUT2D eigenvalue weighted by molar-refractivity contribution is -0.135. The van der Waals surface area contributed by atoms with Crippen LogP contribution in [0.3, 0.4) is 0 Å². The van der Waals surface area contributed by atoms with Crippen LogP contribution in [0.25, 0.3) is 0 Å². The predicted octanol–water partition coefficient (Wildman–Crippen LogP) is 3.39. The van der Waals surface area contributed by atoms with Crippen molar-refractivity contribution in [3.8, 4) is 5.75 Å². The Kier molecular flexibility index (Phi) is 9.18. The molecular weight excluding hydrogens is 268 g/mol. The number of hydrogen-bond donors (Lipinski definition) is 0. The predicted molar refractivity (Wildman–Crippen MR) is 74.2 cm³/mol. The molecule has 0 saturated heterocycles. The van der Waals surface area contributed by atoms with Crippen molar-refractivity contribution < 1.29 is 19.1 Å². The molecule has 0 saturated carbocycles. The molecule has 0 fully saturated rings. The van der Waals surface area contributed by atoms with E-state index in [1.54, 1.807) is 24.3 Å². The minimum absolute atomic E-state index is 0.351. The van der Waals surface area contributed by atoms with Crippen LogP contribution in [0.5, 0.6) is 5.75 Å². The smallest absolute Gasteiger partial charge is 0.336 e. The van der Waals surface area contributed by atoms with Crippen molar-refractivity contribution in [2.75, 3.05) is 7.11 Å². The van der Waals surface area contributed by atoms with E-state index in [-0.39, 0.29) is 0 Å². The first-order chi connectivity index (χ1) is 9.03. The van der Waals surface area contributed by atoms with Crippen molar-refractivity contribution in [3.63, 3.8) is 0 Å². The third-order valence-electron chi connectivity index (χ3n) is 1.59. The summed E-state index contributed by atoms with van der Waals surface area (Å²) in [6.07, 6.45) is 3.22. The second kappa shape index (κ2) is 10.1. The summed E-state index contributed by atoms with van der Waals surface area (Å²) in [6.45, 7) is 4.25. The van der Waals surface area contributed by atoms with Crippen LogP contribution >= 0.6 is 11.6 Å². The van der Waals surface area contributed by atoms with Crippen molar-refractivity contribution in [1.82, 2.24) is 0 Å². The number of hydrogen-bond acceptors (Lipinski definition) is 4. The molecule has 4 nitrogen and oxygen atoms in total. The van der Waals surface area contributed by atoms with Crippen LogP contribution < -0.4 is 4.74 Å². The third kappa shape index (κ3) is 8.85. The Labute approximate surface area is 118 Å². The quantitative estimate of drug-likeness (QED) is 0.485. The summed E-state index contributed by atoms with van der Waals surface area (Å²) in [4.78, 5) is 21.8. The van der Waals surface area contributed by atoms with E-state index in [0.29, 0.717) is 10.8 Å². The van der Waals surface area contributed by atoms with E-state index >= 15 is 0 Å². The van der Waals surface area contributed by atoms with Crippen LogP contribution in [0, 0.1) is 0 Å². The molecule has 0 aliphatic heterocycles. The molecule has 0 aromatic heterocycles. The van der Waals surface area contributed by atoms with Gasteiger partial charge in [-0.2, -0.15) is 0 Å². The average molecular weight is 285 g/mol. The lowest BCUT2D eigenvalue weighted by Gasteiger charge is -2.00. The fourth-order valence-corrected chi connectivity index (χ4v) is 0.983. The van der Waals surface area contributed by atoms with Crippen molar-refractivity contribution in [3.05, 3.63) is 41.4 Å². The lowest BCUT2D eigenvalue weighted by atomic mass is 10.3. The van der Waals surface area contributed by atoms with Crippen LogP contribution in [0.4, 0.5) is 0 Å². The number of rotatable bonds is 3. The van der Waals surface area contributed by atoms with Gasteiger partial charge in [0.1, 0.15) is 5.75 Å². The Morgan fingerprint density at radius 2 is 1.58 bits per heavy atom. The maximum atomic E-state index is 11.2. The number of carbonyl (C=O) groups excluding carboxylic acids is 2. The van der Waals surface area contributed by atoms with E-state index in [2.05, 4.69) is 18.6 Å². The zero-order valence-electron chi connectivity index (χ0n) is 11.2. The molecule has 0 N–H and O–H groups in total. The average Bonchev–Trinajstić information content (AvgIpc) is 2.39. The number of esters is 2. The van der Waals surface area contributed by atoms with E-state index in [0.717, 1.165) is 12.2 Å².